The molecule has 72 valence electrons. The van der Waals surface area contributed by atoms with Crippen molar-refractivity contribution in [3.05, 3.63) is 21.4 Å². The molecule has 0 radical (unpaired) electrons. The summed E-state index contributed by atoms with van der Waals surface area (Å²) in [5, 5.41) is 8.77. The number of aromatic carboxylic acids is 1. The molecule has 2 nitrogen and oxygen atoms in total. The summed E-state index contributed by atoms with van der Waals surface area (Å²) in [5.74, 6) is -0.234. The first-order chi connectivity index (χ1) is 6.00. The van der Waals surface area contributed by atoms with Crippen LogP contribution < -0.4 is 0 Å². The first-order valence-corrected chi connectivity index (χ1v) is 5.15. The Morgan fingerprint density at radius 1 is 1.62 bits per heavy atom. The van der Waals surface area contributed by atoms with Crippen LogP contribution in [0.4, 0.5) is 0 Å². The molecule has 1 N–H and O–H groups in total. The van der Waals surface area contributed by atoms with Crippen LogP contribution in [0, 0.1) is 12.8 Å². The fourth-order valence-corrected chi connectivity index (χ4v) is 2.42. The van der Waals surface area contributed by atoms with Crippen LogP contribution >= 0.6 is 11.3 Å². The average molecular weight is 198 g/mol. The van der Waals surface area contributed by atoms with Crippen LogP contribution in [0.2, 0.25) is 0 Å². The SMILES string of the molecule is Cc1cc(C(=O)O)sc1CC(C)C. The zero-order valence-corrected chi connectivity index (χ0v) is 8.94. The molecule has 0 saturated heterocycles. The first kappa shape index (κ1) is 10.3. The van der Waals surface area contributed by atoms with Gasteiger partial charge in [-0.2, -0.15) is 0 Å². The van der Waals surface area contributed by atoms with E-state index in [0.29, 0.717) is 10.8 Å². The summed E-state index contributed by atoms with van der Waals surface area (Å²) in [4.78, 5) is 12.3. The fraction of sp³-hybridized carbons (Fsp3) is 0.500. The molecule has 0 aliphatic heterocycles. The van der Waals surface area contributed by atoms with Crippen molar-refractivity contribution >= 4 is 17.3 Å². The standard InChI is InChI=1S/C10H14O2S/c1-6(2)4-8-7(3)5-9(13-8)10(11)12/h5-6H,4H2,1-3H3,(H,11,12). The highest BCUT2D eigenvalue weighted by molar-refractivity contribution is 7.14. The monoisotopic (exact) mass is 198 g/mol. The van der Waals surface area contributed by atoms with Gasteiger partial charge in [0.15, 0.2) is 0 Å². The summed E-state index contributed by atoms with van der Waals surface area (Å²) in [5.41, 5.74) is 1.11. The lowest BCUT2D eigenvalue weighted by atomic mass is 10.1. The highest BCUT2D eigenvalue weighted by Crippen LogP contribution is 2.24. The normalized spacial score (nSPS) is 10.8. The molecule has 1 heterocycles. The Morgan fingerprint density at radius 3 is 2.62 bits per heavy atom. The molecule has 0 bridgehead atoms. The molecule has 1 rings (SSSR count). The molecule has 0 atom stereocenters. The molecule has 0 aromatic carbocycles. The van der Waals surface area contributed by atoms with Crippen LogP contribution in [-0.4, -0.2) is 11.1 Å². The van der Waals surface area contributed by atoms with Crippen LogP contribution in [0.3, 0.4) is 0 Å². The third-order valence-electron chi connectivity index (χ3n) is 1.83. The molecule has 3 heteroatoms. The van der Waals surface area contributed by atoms with Crippen LogP contribution in [0.15, 0.2) is 6.07 Å². The summed E-state index contributed by atoms with van der Waals surface area (Å²) < 4.78 is 0. The number of rotatable bonds is 3. The van der Waals surface area contributed by atoms with E-state index in [-0.39, 0.29) is 0 Å². The number of carboxylic acids is 1. The number of hydrogen-bond donors (Lipinski definition) is 1. The van der Waals surface area contributed by atoms with Crippen molar-refractivity contribution < 1.29 is 9.90 Å². The summed E-state index contributed by atoms with van der Waals surface area (Å²) in [6.07, 6.45) is 0.976. The maximum Gasteiger partial charge on any atom is 0.345 e. The minimum Gasteiger partial charge on any atom is -0.477 e. The molecule has 0 amide bonds. The molecule has 0 saturated carbocycles. The van der Waals surface area contributed by atoms with Gasteiger partial charge in [-0.1, -0.05) is 13.8 Å². The quantitative estimate of drug-likeness (QED) is 0.810. The largest absolute Gasteiger partial charge is 0.477 e. The molecule has 1 aromatic heterocycles. The number of carboxylic acid groups (broad SMARTS) is 1. The van der Waals surface area contributed by atoms with Gasteiger partial charge in [0.2, 0.25) is 0 Å². The molecular formula is C10H14O2S. The number of carbonyl (C=O) groups is 1. The van der Waals surface area contributed by atoms with Crippen molar-refractivity contribution in [3.8, 4) is 0 Å². The van der Waals surface area contributed by atoms with Crippen LogP contribution in [0.5, 0.6) is 0 Å². The van der Waals surface area contributed by atoms with E-state index in [2.05, 4.69) is 13.8 Å². The van der Waals surface area contributed by atoms with E-state index in [0.717, 1.165) is 12.0 Å². The molecule has 0 fully saturated rings. The van der Waals surface area contributed by atoms with E-state index in [9.17, 15) is 4.79 Å². The Bertz CT molecular complexity index is 313. The van der Waals surface area contributed by atoms with E-state index < -0.39 is 5.97 Å². The number of thiophene rings is 1. The van der Waals surface area contributed by atoms with Crippen LogP contribution in [0.25, 0.3) is 0 Å². The van der Waals surface area contributed by atoms with E-state index in [1.54, 1.807) is 6.07 Å². The van der Waals surface area contributed by atoms with Gasteiger partial charge in [-0.05, 0) is 30.9 Å². The van der Waals surface area contributed by atoms with E-state index in [1.165, 1.54) is 16.2 Å². The molecule has 0 aliphatic carbocycles. The highest BCUT2D eigenvalue weighted by Gasteiger charge is 2.11. The van der Waals surface area contributed by atoms with Gasteiger partial charge in [0.05, 0.1) is 0 Å². The Morgan fingerprint density at radius 2 is 2.23 bits per heavy atom. The summed E-state index contributed by atoms with van der Waals surface area (Å²) >= 11 is 1.40. The Balaban J connectivity index is 2.90. The fourth-order valence-electron chi connectivity index (χ4n) is 1.20. The van der Waals surface area contributed by atoms with E-state index >= 15 is 0 Å². The molecule has 0 unspecified atom stereocenters. The minimum atomic E-state index is -0.817. The van der Waals surface area contributed by atoms with Gasteiger partial charge >= 0.3 is 5.97 Å². The second-order valence-electron chi connectivity index (χ2n) is 3.62. The molecule has 0 spiro atoms. The predicted molar refractivity (Wildman–Crippen MR) is 54.6 cm³/mol. The average Bonchev–Trinajstić information content (AvgIpc) is 2.31. The Kier molecular flexibility index (Phi) is 3.09. The van der Waals surface area contributed by atoms with Gasteiger partial charge in [0.1, 0.15) is 4.88 Å². The smallest absolute Gasteiger partial charge is 0.345 e. The lowest BCUT2D eigenvalue weighted by Crippen LogP contribution is -1.92. The third kappa shape index (κ3) is 2.56. The zero-order chi connectivity index (χ0) is 10.0. The van der Waals surface area contributed by atoms with Crippen molar-refractivity contribution in [1.82, 2.24) is 0 Å². The predicted octanol–water partition coefficient (Wildman–Crippen LogP) is 2.95. The van der Waals surface area contributed by atoms with Crippen molar-refractivity contribution in [2.24, 2.45) is 5.92 Å². The highest BCUT2D eigenvalue weighted by atomic mass is 32.1. The maximum absolute atomic E-state index is 10.7. The van der Waals surface area contributed by atoms with Gasteiger partial charge in [-0.15, -0.1) is 11.3 Å². The zero-order valence-electron chi connectivity index (χ0n) is 8.13. The Hall–Kier alpha value is -0.830. The number of hydrogen-bond acceptors (Lipinski definition) is 2. The minimum absolute atomic E-state index is 0.452. The van der Waals surface area contributed by atoms with E-state index in [4.69, 9.17) is 5.11 Å². The van der Waals surface area contributed by atoms with Crippen molar-refractivity contribution in [3.63, 3.8) is 0 Å². The molecule has 13 heavy (non-hydrogen) atoms. The lowest BCUT2D eigenvalue weighted by molar-refractivity contribution is 0.0702. The van der Waals surface area contributed by atoms with Crippen LogP contribution in [0.1, 0.15) is 34.0 Å². The topological polar surface area (TPSA) is 37.3 Å². The van der Waals surface area contributed by atoms with Crippen molar-refractivity contribution in [2.75, 3.05) is 0 Å². The van der Waals surface area contributed by atoms with Gasteiger partial charge in [-0.3, -0.25) is 0 Å². The summed E-state index contributed by atoms with van der Waals surface area (Å²) in [6.45, 7) is 6.25. The molecule has 0 aliphatic rings. The molecule has 1 aromatic rings. The third-order valence-corrected chi connectivity index (χ3v) is 3.07. The maximum atomic E-state index is 10.7. The van der Waals surface area contributed by atoms with Gasteiger partial charge in [0, 0.05) is 4.88 Å². The summed E-state index contributed by atoms with van der Waals surface area (Å²) in [6, 6.07) is 1.75. The van der Waals surface area contributed by atoms with Gasteiger partial charge < -0.3 is 5.11 Å². The Labute approximate surface area is 82.2 Å². The second kappa shape index (κ2) is 3.92. The van der Waals surface area contributed by atoms with Crippen molar-refractivity contribution in [1.29, 1.82) is 0 Å². The van der Waals surface area contributed by atoms with Crippen molar-refractivity contribution in [2.45, 2.75) is 27.2 Å². The van der Waals surface area contributed by atoms with Crippen LogP contribution in [-0.2, 0) is 6.42 Å². The second-order valence-corrected chi connectivity index (χ2v) is 4.76. The first-order valence-electron chi connectivity index (χ1n) is 4.33. The summed E-state index contributed by atoms with van der Waals surface area (Å²) in [7, 11) is 0. The number of aryl methyl sites for hydroxylation is 1. The van der Waals surface area contributed by atoms with Gasteiger partial charge in [0.25, 0.3) is 0 Å². The van der Waals surface area contributed by atoms with Gasteiger partial charge in [-0.25, -0.2) is 4.79 Å². The van der Waals surface area contributed by atoms with E-state index in [1.807, 2.05) is 6.92 Å². The molecular weight excluding hydrogens is 184 g/mol. The lowest BCUT2D eigenvalue weighted by Gasteiger charge is -2.01.